The van der Waals surface area contributed by atoms with Gasteiger partial charge in [0.15, 0.2) is 6.61 Å². The van der Waals surface area contributed by atoms with E-state index in [4.69, 9.17) is 4.74 Å². The van der Waals surface area contributed by atoms with E-state index in [-0.39, 0.29) is 12.5 Å². The summed E-state index contributed by atoms with van der Waals surface area (Å²) in [6, 6.07) is 9.80. The van der Waals surface area contributed by atoms with Crippen molar-refractivity contribution < 1.29 is 9.53 Å². The maximum absolute atomic E-state index is 11.8. The maximum Gasteiger partial charge on any atom is 0.262 e. The van der Waals surface area contributed by atoms with Gasteiger partial charge in [-0.3, -0.25) is 4.79 Å². The van der Waals surface area contributed by atoms with E-state index < -0.39 is 0 Å². The van der Waals surface area contributed by atoms with E-state index in [9.17, 15) is 4.79 Å². The van der Waals surface area contributed by atoms with Crippen LogP contribution in [-0.4, -0.2) is 12.5 Å². The molecular formula is C16H19NO2S. The molecule has 20 heavy (non-hydrogen) atoms. The Balaban J connectivity index is 1.88. The third-order valence-corrected chi connectivity index (χ3v) is 4.17. The molecule has 0 fully saturated rings. The first-order valence-corrected chi connectivity index (χ1v) is 7.48. The van der Waals surface area contributed by atoms with Crippen LogP contribution in [0.1, 0.15) is 22.9 Å². The number of hydrogen-bond acceptors (Lipinski definition) is 3. The molecule has 2 rings (SSSR count). The number of carbonyl (C=O) groups is 1. The molecule has 0 saturated carbocycles. The molecule has 0 aliphatic rings. The normalized spacial score (nSPS) is 10.3. The molecule has 1 heterocycles. The highest BCUT2D eigenvalue weighted by Crippen LogP contribution is 2.25. The number of carbonyl (C=O) groups excluding carboxylic acids is 1. The van der Waals surface area contributed by atoms with E-state index >= 15 is 0 Å². The number of hydrogen-bond donors (Lipinski definition) is 1. The largest absolute Gasteiger partial charge is 0.484 e. The molecule has 106 valence electrons. The van der Waals surface area contributed by atoms with Crippen molar-refractivity contribution >= 4 is 22.2 Å². The van der Waals surface area contributed by atoms with Crippen LogP contribution in [-0.2, 0) is 11.2 Å². The molecule has 0 radical (unpaired) electrons. The van der Waals surface area contributed by atoms with Crippen molar-refractivity contribution in [1.82, 2.24) is 0 Å². The van der Waals surface area contributed by atoms with Crippen LogP contribution in [0.5, 0.6) is 5.75 Å². The summed E-state index contributed by atoms with van der Waals surface area (Å²) in [5, 5.41) is 3.73. The van der Waals surface area contributed by atoms with Gasteiger partial charge in [0.1, 0.15) is 5.75 Å². The summed E-state index contributed by atoms with van der Waals surface area (Å²) in [7, 11) is 0. The van der Waals surface area contributed by atoms with E-state index in [0.717, 1.165) is 17.2 Å². The molecule has 2 aromatic rings. The fraction of sp³-hybridized carbons (Fsp3) is 0.312. The Morgan fingerprint density at radius 3 is 2.75 bits per heavy atom. The van der Waals surface area contributed by atoms with Crippen molar-refractivity contribution in [2.75, 3.05) is 11.9 Å². The molecule has 0 atom stereocenters. The lowest BCUT2D eigenvalue weighted by Gasteiger charge is -2.07. The highest BCUT2D eigenvalue weighted by molar-refractivity contribution is 7.16. The number of ether oxygens (including phenoxy) is 1. The van der Waals surface area contributed by atoms with Gasteiger partial charge in [0.2, 0.25) is 0 Å². The molecule has 1 aromatic heterocycles. The third kappa shape index (κ3) is 3.84. The summed E-state index contributed by atoms with van der Waals surface area (Å²) in [6.45, 7) is 6.20. The minimum atomic E-state index is -0.131. The topological polar surface area (TPSA) is 38.3 Å². The molecule has 0 aliphatic heterocycles. The van der Waals surface area contributed by atoms with E-state index in [1.807, 2.05) is 44.2 Å². The van der Waals surface area contributed by atoms with Crippen LogP contribution in [0.4, 0.5) is 5.00 Å². The minimum Gasteiger partial charge on any atom is -0.484 e. The molecule has 0 bridgehead atoms. The van der Waals surface area contributed by atoms with Crippen molar-refractivity contribution in [3.05, 3.63) is 46.3 Å². The molecule has 0 unspecified atom stereocenters. The first kappa shape index (κ1) is 14.6. The van der Waals surface area contributed by atoms with E-state index in [0.29, 0.717) is 0 Å². The molecular weight excluding hydrogens is 270 g/mol. The minimum absolute atomic E-state index is 0.0309. The lowest BCUT2D eigenvalue weighted by molar-refractivity contribution is -0.118. The monoisotopic (exact) mass is 289 g/mol. The van der Waals surface area contributed by atoms with Crippen molar-refractivity contribution in [2.45, 2.75) is 27.2 Å². The van der Waals surface area contributed by atoms with Gasteiger partial charge in [-0.05, 0) is 49.6 Å². The third-order valence-electron chi connectivity index (χ3n) is 3.11. The predicted octanol–water partition coefficient (Wildman–Crippen LogP) is 3.94. The highest BCUT2D eigenvalue weighted by Gasteiger charge is 2.07. The highest BCUT2D eigenvalue weighted by atomic mass is 32.1. The van der Waals surface area contributed by atoms with Gasteiger partial charge in [0.05, 0.1) is 5.00 Å². The Labute approximate surface area is 123 Å². The zero-order chi connectivity index (χ0) is 14.5. The van der Waals surface area contributed by atoms with Crippen LogP contribution in [0.25, 0.3) is 0 Å². The standard InChI is InChI=1S/C16H19NO2S/c1-4-13-6-5-7-14(9-13)19-10-15(18)17-16-8-11(2)12(3)20-16/h5-9H,4,10H2,1-3H3,(H,17,18). The first-order valence-electron chi connectivity index (χ1n) is 6.67. The summed E-state index contributed by atoms with van der Waals surface area (Å²) in [5.41, 5.74) is 2.40. The fourth-order valence-electron chi connectivity index (χ4n) is 1.81. The van der Waals surface area contributed by atoms with Crippen molar-refractivity contribution in [2.24, 2.45) is 0 Å². The van der Waals surface area contributed by atoms with Crippen LogP contribution < -0.4 is 10.1 Å². The van der Waals surface area contributed by atoms with Crippen LogP contribution in [0, 0.1) is 13.8 Å². The van der Waals surface area contributed by atoms with E-state index in [2.05, 4.69) is 12.2 Å². The maximum atomic E-state index is 11.8. The van der Waals surface area contributed by atoms with Gasteiger partial charge in [-0.15, -0.1) is 11.3 Å². The van der Waals surface area contributed by atoms with Gasteiger partial charge in [0.25, 0.3) is 5.91 Å². The Bertz CT molecular complexity index is 585. The lowest BCUT2D eigenvalue weighted by atomic mass is 10.2. The molecule has 1 N–H and O–H groups in total. The van der Waals surface area contributed by atoms with Gasteiger partial charge in [-0.2, -0.15) is 0 Å². The zero-order valence-electron chi connectivity index (χ0n) is 12.0. The van der Waals surface area contributed by atoms with Gasteiger partial charge in [-0.25, -0.2) is 0 Å². The average Bonchev–Trinajstić information content (AvgIpc) is 2.75. The fourth-order valence-corrected chi connectivity index (χ4v) is 2.76. The summed E-state index contributed by atoms with van der Waals surface area (Å²) < 4.78 is 5.51. The SMILES string of the molecule is CCc1cccc(OCC(=O)Nc2cc(C)c(C)s2)c1. The molecule has 0 spiro atoms. The Kier molecular flexibility index (Phi) is 4.79. The number of thiophene rings is 1. The summed E-state index contributed by atoms with van der Waals surface area (Å²) in [5.74, 6) is 0.603. The number of nitrogens with one attached hydrogen (secondary N) is 1. The quantitative estimate of drug-likeness (QED) is 0.905. The van der Waals surface area contributed by atoms with E-state index in [1.54, 1.807) is 11.3 Å². The molecule has 0 aliphatic carbocycles. The molecule has 0 saturated heterocycles. The van der Waals surface area contributed by atoms with Crippen molar-refractivity contribution in [3.8, 4) is 5.75 Å². The second-order valence-electron chi connectivity index (χ2n) is 4.69. The van der Waals surface area contributed by atoms with Crippen LogP contribution >= 0.6 is 11.3 Å². The number of rotatable bonds is 5. The molecule has 3 nitrogen and oxygen atoms in total. The van der Waals surface area contributed by atoms with Crippen LogP contribution in [0.15, 0.2) is 30.3 Å². The number of aryl methyl sites for hydroxylation is 3. The average molecular weight is 289 g/mol. The van der Waals surface area contributed by atoms with Crippen LogP contribution in [0.2, 0.25) is 0 Å². The van der Waals surface area contributed by atoms with Gasteiger partial charge in [-0.1, -0.05) is 19.1 Å². The van der Waals surface area contributed by atoms with Gasteiger partial charge >= 0.3 is 0 Å². The summed E-state index contributed by atoms with van der Waals surface area (Å²) in [6.07, 6.45) is 0.956. The second-order valence-corrected chi connectivity index (χ2v) is 5.94. The smallest absolute Gasteiger partial charge is 0.262 e. The van der Waals surface area contributed by atoms with Crippen LogP contribution in [0.3, 0.4) is 0 Å². The Morgan fingerprint density at radius 2 is 2.10 bits per heavy atom. The molecule has 1 aromatic carbocycles. The van der Waals surface area contributed by atoms with Gasteiger partial charge in [0, 0.05) is 4.88 Å². The summed E-state index contributed by atoms with van der Waals surface area (Å²) >= 11 is 1.58. The van der Waals surface area contributed by atoms with Crippen molar-refractivity contribution in [3.63, 3.8) is 0 Å². The zero-order valence-corrected chi connectivity index (χ0v) is 12.8. The van der Waals surface area contributed by atoms with Crippen molar-refractivity contribution in [1.29, 1.82) is 0 Å². The number of anilines is 1. The number of benzene rings is 1. The lowest BCUT2D eigenvalue weighted by Crippen LogP contribution is -2.19. The predicted molar refractivity (Wildman–Crippen MR) is 83.7 cm³/mol. The second kappa shape index (κ2) is 6.57. The Hall–Kier alpha value is -1.81. The first-order chi connectivity index (χ1) is 9.58. The number of amides is 1. The summed E-state index contributed by atoms with van der Waals surface area (Å²) in [4.78, 5) is 13.1. The Morgan fingerprint density at radius 1 is 1.30 bits per heavy atom. The van der Waals surface area contributed by atoms with Gasteiger partial charge < -0.3 is 10.1 Å². The molecule has 1 amide bonds. The van der Waals surface area contributed by atoms with E-state index in [1.165, 1.54) is 16.0 Å². The molecule has 4 heteroatoms.